The Morgan fingerprint density at radius 1 is 1.50 bits per heavy atom. The molecule has 0 spiro atoms. The second-order valence-electron chi connectivity index (χ2n) is 3.52. The van der Waals surface area contributed by atoms with E-state index in [0.29, 0.717) is 17.1 Å². The standard InChI is InChI=1S/C8H11N3O2S/c1-5(9)8-10-2-6-3-14(12,13)4-7(6)11-8/h2,5H,3-4,9H2,1H3. The van der Waals surface area contributed by atoms with E-state index in [1.54, 1.807) is 13.1 Å². The van der Waals surface area contributed by atoms with E-state index in [0.717, 1.165) is 0 Å². The Morgan fingerprint density at radius 2 is 2.21 bits per heavy atom. The zero-order valence-electron chi connectivity index (χ0n) is 7.77. The molecule has 5 nitrogen and oxygen atoms in total. The van der Waals surface area contributed by atoms with Gasteiger partial charge < -0.3 is 5.73 Å². The van der Waals surface area contributed by atoms with Gasteiger partial charge in [-0.25, -0.2) is 18.4 Å². The number of nitrogens with zero attached hydrogens (tertiary/aromatic N) is 2. The van der Waals surface area contributed by atoms with Gasteiger partial charge in [0.15, 0.2) is 9.84 Å². The number of sulfone groups is 1. The summed E-state index contributed by atoms with van der Waals surface area (Å²) in [5.41, 5.74) is 6.91. The smallest absolute Gasteiger partial charge is 0.160 e. The molecule has 1 aromatic heterocycles. The van der Waals surface area contributed by atoms with Crippen LogP contribution in [0.1, 0.15) is 30.0 Å². The summed E-state index contributed by atoms with van der Waals surface area (Å²) in [6.45, 7) is 1.77. The Morgan fingerprint density at radius 3 is 2.86 bits per heavy atom. The molecule has 0 amide bonds. The van der Waals surface area contributed by atoms with E-state index in [1.165, 1.54) is 0 Å². The van der Waals surface area contributed by atoms with Gasteiger partial charge in [-0.2, -0.15) is 0 Å². The molecule has 1 aliphatic rings. The average molecular weight is 213 g/mol. The molecular formula is C8H11N3O2S. The van der Waals surface area contributed by atoms with Crippen molar-refractivity contribution in [2.45, 2.75) is 24.5 Å². The third-order valence-corrected chi connectivity index (χ3v) is 3.58. The van der Waals surface area contributed by atoms with Crippen LogP contribution in [0.3, 0.4) is 0 Å². The first-order valence-electron chi connectivity index (χ1n) is 4.28. The van der Waals surface area contributed by atoms with Crippen LogP contribution in [0.5, 0.6) is 0 Å². The Bertz CT molecular complexity index is 467. The maximum absolute atomic E-state index is 11.3. The van der Waals surface area contributed by atoms with Crippen LogP contribution < -0.4 is 5.73 Å². The van der Waals surface area contributed by atoms with E-state index in [1.807, 2.05) is 0 Å². The maximum atomic E-state index is 11.3. The van der Waals surface area contributed by atoms with Crippen LogP contribution in [0.15, 0.2) is 6.20 Å². The summed E-state index contributed by atoms with van der Waals surface area (Å²) in [7, 11) is -2.99. The van der Waals surface area contributed by atoms with Crippen LogP contribution in [0.4, 0.5) is 0 Å². The second kappa shape index (κ2) is 2.99. The fourth-order valence-corrected chi connectivity index (χ4v) is 2.90. The minimum absolute atomic E-state index is 0.0184. The van der Waals surface area contributed by atoms with Gasteiger partial charge in [-0.15, -0.1) is 0 Å². The molecule has 1 atom stereocenters. The summed E-state index contributed by atoms with van der Waals surface area (Å²) >= 11 is 0. The number of fused-ring (bicyclic) bond motifs is 1. The zero-order chi connectivity index (χ0) is 10.3. The van der Waals surface area contributed by atoms with Gasteiger partial charge in [-0.1, -0.05) is 0 Å². The summed E-state index contributed by atoms with van der Waals surface area (Å²) in [6, 6.07) is -0.261. The lowest BCUT2D eigenvalue weighted by atomic mass is 10.2. The predicted octanol–water partition coefficient (Wildman–Crippen LogP) is -0.0753. The molecule has 0 fully saturated rings. The first-order valence-corrected chi connectivity index (χ1v) is 6.11. The quantitative estimate of drug-likeness (QED) is 0.705. The molecule has 0 saturated carbocycles. The van der Waals surface area contributed by atoms with Gasteiger partial charge in [-0.05, 0) is 6.92 Å². The van der Waals surface area contributed by atoms with Crippen molar-refractivity contribution in [3.63, 3.8) is 0 Å². The SMILES string of the molecule is CC(N)c1ncc2c(n1)CS(=O)(=O)C2. The lowest BCUT2D eigenvalue weighted by Gasteiger charge is -2.04. The van der Waals surface area contributed by atoms with Crippen LogP contribution in [-0.4, -0.2) is 18.4 Å². The maximum Gasteiger partial charge on any atom is 0.160 e. The van der Waals surface area contributed by atoms with E-state index in [-0.39, 0.29) is 17.5 Å². The molecule has 2 heterocycles. The van der Waals surface area contributed by atoms with Crippen molar-refractivity contribution in [3.05, 3.63) is 23.3 Å². The van der Waals surface area contributed by atoms with E-state index < -0.39 is 9.84 Å². The highest BCUT2D eigenvalue weighted by Gasteiger charge is 2.26. The normalized spacial score (nSPS) is 20.4. The molecule has 0 radical (unpaired) electrons. The molecule has 1 aliphatic heterocycles. The summed E-state index contributed by atoms with van der Waals surface area (Å²) in [5, 5.41) is 0. The lowest BCUT2D eigenvalue weighted by molar-refractivity contribution is 0.597. The fourth-order valence-electron chi connectivity index (χ4n) is 1.42. The zero-order valence-corrected chi connectivity index (χ0v) is 8.58. The van der Waals surface area contributed by atoms with E-state index >= 15 is 0 Å². The molecule has 2 rings (SSSR count). The van der Waals surface area contributed by atoms with Crippen LogP contribution in [0.2, 0.25) is 0 Å². The molecule has 0 aliphatic carbocycles. The van der Waals surface area contributed by atoms with Crippen molar-refractivity contribution in [2.75, 3.05) is 0 Å². The first kappa shape index (κ1) is 9.54. The first-order chi connectivity index (χ1) is 6.48. The van der Waals surface area contributed by atoms with Crippen molar-refractivity contribution in [1.29, 1.82) is 0 Å². The van der Waals surface area contributed by atoms with Gasteiger partial charge >= 0.3 is 0 Å². The Kier molecular flexibility index (Phi) is 2.04. The van der Waals surface area contributed by atoms with E-state index in [2.05, 4.69) is 9.97 Å². The van der Waals surface area contributed by atoms with Crippen LogP contribution in [0.25, 0.3) is 0 Å². The fraction of sp³-hybridized carbons (Fsp3) is 0.500. The molecule has 0 saturated heterocycles. The molecule has 0 aromatic carbocycles. The molecule has 2 N–H and O–H groups in total. The van der Waals surface area contributed by atoms with E-state index in [4.69, 9.17) is 5.73 Å². The van der Waals surface area contributed by atoms with Gasteiger partial charge in [0, 0.05) is 11.8 Å². The third-order valence-electron chi connectivity index (χ3n) is 2.11. The van der Waals surface area contributed by atoms with Crippen molar-refractivity contribution in [2.24, 2.45) is 5.73 Å². The largest absolute Gasteiger partial charge is 0.322 e. The summed E-state index contributed by atoms with van der Waals surface area (Å²) in [5.74, 6) is 0.576. The Balaban J connectivity index is 2.45. The van der Waals surface area contributed by atoms with Gasteiger partial charge in [-0.3, -0.25) is 0 Å². The second-order valence-corrected chi connectivity index (χ2v) is 5.59. The molecular weight excluding hydrogens is 202 g/mol. The van der Waals surface area contributed by atoms with Crippen LogP contribution >= 0.6 is 0 Å². The molecule has 14 heavy (non-hydrogen) atoms. The predicted molar refractivity (Wildman–Crippen MR) is 51.0 cm³/mol. The molecule has 76 valence electrons. The number of hydrogen-bond donors (Lipinski definition) is 1. The number of hydrogen-bond acceptors (Lipinski definition) is 5. The van der Waals surface area contributed by atoms with Crippen molar-refractivity contribution < 1.29 is 8.42 Å². The highest BCUT2D eigenvalue weighted by molar-refractivity contribution is 7.90. The summed E-state index contributed by atoms with van der Waals surface area (Å²) in [4.78, 5) is 8.15. The van der Waals surface area contributed by atoms with Crippen molar-refractivity contribution in [1.82, 2.24) is 9.97 Å². The highest BCUT2D eigenvalue weighted by atomic mass is 32.2. The third kappa shape index (κ3) is 1.62. The van der Waals surface area contributed by atoms with Crippen LogP contribution in [-0.2, 0) is 21.3 Å². The molecule has 0 bridgehead atoms. The number of aromatic nitrogens is 2. The van der Waals surface area contributed by atoms with Crippen molar-refractivity contribution in [3.8, 4) is 0 Å². The van der Waals surface area contributed by atoms with Gasteiger partial charge in [0.05, 0.1) is 23.2 Å². The van der Waals surface area contributed by atoms with Gasteiger partial charge in [0.1, 0.15) is 5.82 Å². The molecule has 6 heteroatoms. The number of nitrogens with two attached hydrogens (primary N) is 1. The highest BCUT2D eigenvalue weighted by Crippen LogP contribution is 2.22. The minimum atomic E-state index is -2.99. The monoisotopic (exact) mass is 213 g/mol. The minimum Gasteiger partial charge on any atom is -0.322 e. The van der Waals surface area contributed by atoms with Gasteiger partial charge in [0.2, 0.25) is 0 Å². The Labute approximate surface area is 82.3 Å². The van der Waals surface area contributed by atoms with Gasteiger partial charge in [0.25, 0.3) is 0 Å². The topological polar surface area (TPSA) is 85.9 Å². The Hall–Kier alpha value is -1.01. The summed E-state index contributed by atoms with van der Waals surface area (Å²) in [6.07, 6.45) is 1.56. The lowest BCUT2D eigenvalue weighted by Crippen LogP contribution is -2.11. The number of rotatable bonds is 1. The van der Waals surface area contributed by atoms with E-state index in [9.17, 15) is 8.42 Å². The van der Waals surface area contributed by atoms with Crippen molar-refractivity contribution >= 4 is 9.84 Å². The average Bonchev–Trinajstić information content (AvgIpc) is 2.36. The molecule has 1 unspecified atom stereocenters. The summed E-state index contributed by atoms with van der Waals surface area (Å²) < 4.78 is 22.5. The van der Waals surface area contributed by atoms with Crippen LogP contribution in [0, 0.1) is 0 Å². The molecule has 1 aromatic rings.